The van der Waals surface area contributed by atoms with Crippen LogP contribution < -0.4 is 15.3 Å². The molecular formula is C11H19NO3Zr. The number of nitrogens with zero attached hydrogens (tertiary/aromatic N) is 1. The summed E-state index contributed by atoms with van der Waals surface area (Å²) in [6, 6.07) is 2.01. The van der Waals surface area contributed by atoms with Crippen LogP contribution in [0.3, 0.4) is 0 Å². The number of hydrogen-bond acceptors (Lipinski definition) is 4. The molecule has 1 atom stereocenters. The number of fused-ring (bicyclic) bond motifs is 2. The van der Waals surface area contributed by atoms with E-state index in [1.807, 2.05) is 0 Å². The molecule has 2 bridgehead atoms. The van der Waals surface area contributed by atoms with E-state index in [-0.39, 0.29) is 26.2 Å². The summed E-state index contributed by atoms with van der Waals surface area (Å²) >= 11 is 0. The number of likely N-dealkylation sites (N-methyl/N-ethyl adjacent to an activating group) is 1. The first kappa shape index (κ1) is 21.4. The first-order valence-electron chi connectivity index (χ1n) is 4.55. The Kier molecular flexibility index (Phi) is 20.1. The van der Waals surface area contributed by atoms with Gasteiger partial charge in [0.15, 0.2) is 0 Å². The molecule has 2 aliphatic heterocycles. The first-order valence-corrected chi connectivity index (χ1v) is 4.55. The molecule has 2 rings (SSSR count). The van der Waals surface area contributed by atoms with Gasteiger partial charge in [-0.25, -0.2) is 0 Å². The SMILES string of the molecule is CN1[C-]2C=CCC1C=C2.C[O-].C[O-].C[O-].[Zr+4]. The van der Waals surface area contributed by atoms with Gasteiger partial charge in [0.1, 0.15) is 0 Å². The molecule has 0 N–H and O–H groups in total. The predicted octanol–water partition coefficient (Wildman–Crippen LogP) is -1.72. The zero-order valence-corrected chi connectivity index (χ0v) is 12.7. The third-order valence-corrected chi connectivity index (χ3v) is 2.06. The molecule has 0 spiro atoms. The molecule has 0 saturated heterocycles. The molecule has 1 unspecified atom stereocenters. The van der Waals surface area contributed by atoms with Gasteiger partial charge in [-0.3, -0.25) is 0 Å². The maximum atomic E-state index is 8.25. The van der Waals surface area contributed by atoms with Crippen molar-refractivity contribution in [2.24, 2.45) is 0 Å². The first-order chi connectivity index (χ1) is 7.38. The Hall–Kier alpha value is 0.0731. The van der Waals surface area contributed by atoms with Crippen LogP contribution in [-0.2, 0) is 26.2 Å². The molecule has 2 heterocycles. The zero-order valence-electron chi connectivity index (χ0n) is 10.3. The molecule has 16 heavy (non-hydrogen) atoms. The van der Waals surface area contributed by atoms with Gasteiger partial charge in [-0.1, -0.05) is 12.5 Å². The summed E-state index contributed by atoms with van der Waals surface area (Å²) in [4.78, 5) is 2.31. The van der Waals surface area contributed by atoms with Crippen molar-refractivity contribution in [3.8, 4) is 0 Å². The summed E-state index contributed by atoms with van der Waals surface area (Å²) in [5, 5.41) is 24.8. The summed E-state index contributed by atoms with van der Waals surface area (Å²) in [6.07, 6.45) is 10.0. The van der Waals surface area contributed by atoms with Crippen LogP contribution in [0.25, 0.3) is 0 Å². The van der Waals surface area contributed by atoms with Crippen molar-refractivity contribution < 1.29 is 41.5 Å². The van der Waals surface area contributed by atoms with E-state index in [4.69, 9.17) is 15.3 Å². The van der Waals surface area contributed by atoms with E-state index in [0.29, 0.717) is 6.04 Å². The number of hydrogen-bond donors (Lipinski definition) is 0. The average Bonchev–Trinajstić information content (AvgIpc) is 2.59. The molecule has 0 aromatic rings. The molecule has 0 aliphatic carbocycles. The van der Waals surface area contributed by atoms with Gasteiger partial charge in [-0.15, -0.1) is 0 Å². The van der Waals surface area contributed by atoms with E-state index in [2.05, 4.69) is 36.3 Å². The number of rotatable bonds is 0. The Morgan fingerprint density at radius 3 is 1.94 bits per heavy atom. The Bertz CT molecular complexity index is 184. The smallest absolute Gasteiger partial charge is 0.857 e. The molecule has 0 aromatic carbocycles. The van der Waals surface area contributed by atoms with Gasteiger partial charge in [0.05, 0.1) is 0 Å². The molecular weight excluding hydrogens is 285 g/mol. The Morgan fingerprint density at radius 2 is 1.56 bits per heavy atom. The standard InChI is InChI=1S/C8H10N.3CH3O.Zr/c1-9-7-3-2-4-8(9)6-5-7;3*1-2;/h2-3,5-6,8H,4H2,1H3;3*1H3;/q4*-1;+4. The van der Waals surface area contributed by atoms with Crippen LogP contribution in [0.4, 0.5) is 0 Å². The van der Waals surface area contributed by atoms with Crippen molar-refractivity contribution in [3.63, 3.8) is 0 Å². The third kappa shape index (κ3) is 6.61. The monoisotopic (exact) mass is 303 g/mol. The molecule has 4 nitrogen and oxygen atoms in total. The van der Waals surface area contributed by atoms with Crippen LogP contribution in [0.15, 0.2) is 24.3 Å². The quantitative estimate of drug-likeness (QED) is 0.499. The van der Waals surface area contributed by atoms with Gasteiger partial charge in [0, 0.05) is 0 Å². The molecule has 5 heteroatoms. The van der Waals surface area contributed by atoms with Crippen molar-refractivity contribution in [2.45, 2.75) is 12.5 Å². The van der Waals surface area contributed by atoms with Gasteiger partial charge in [-0.2, -0.15) is 45.6 Å². The van der Waals surface area contributed by atoms with Gasteiger partial charge in [-0.05, 0) is 13.1 Å². The Balaban J connectivity index is -0.000000214. The van der Waals surface area contributed by atoms with Crippen molar-refractivity contribution in [1.29, 1.82) is 0 Å². The normalized spacial score (nSPS) is 19.2. The average molecular weight is 305 g/mol. The summed E-state index contributed by atoms with van der Waals surface area (Å²) in [7, 11) is 4.39. The molecule has 0 radical (unpaired) electrons. The van der Waals surface area contributed by atoms with Gasteiger partial charge >= 0.3 is 26.2 Å². The van der Waals surface area contributed by atoms with E-state index in [9.17, 15) is 0 Å². The van der Waals surface area contributed by atoms with Crippen molar-refractivity contribution in [1.82, 2.24) is 4.90 Å². The fourth-order valence-corrected chi connectivity index (χ4v) is 1.39. The van der Waals surface area contributed by atoms with E-state index >= 15 is 0 Å². The van der Waals surface area contributed by atoms with Crippen LogP contribution in [-0.4, -0.2) is 39.3 Å². The minimum absolute atomic E-state index is 0. The molecule has 0 aromatic heterocycles. The maximum Gasteiger partial charge on any atom is 4.00 e. The van der Waals surface area contributed by atoms with E-state index in [0.717, 1.165) is 21.3 Å². The summed E-state index contributed by atoms with van der Waals surface area (Å²) < 4.78 is 0. The summed E-state index contributed by atoms with van der Waals surface area (Å²) in [5.41, 5.74) is 0. The van der Waals surface area contributed by atoms with Crippen LogP contribution in [0.2, 0.25) is 0 Å². The predicted molar refractivity (Wildman–Crippen MR) is 55.5 cm³/mol. The fourth-order valence-electron chi connectivity index (χ4n) is 1.39. The van der Waals surface area contributed by atoms with Crippen LogP contribution in [0.1, 0.15) is 6.42 Å². The Labute approximate surface area is 117 Å². The van der Waals surface area contributed by atoms with Crippen molar-refractivity contribution >= 4 is 0 Å². The van der Waals surface area contributed by atoms with E-state index < -0.39 is 0 Å². The summed E-state index contributed by atoms with van der Waals surface area (Å²) in [6.45, 7) is 0. The van der Waals surface area contributed by atoms with E-state index in [1.54, 1.807) is 0 Å². The van der Waals surface area contributed by atoms with Crippen LogP contribution >= 0.6 is 0 Å². The summed E-state index contributed by atoms with van der Waals surface area (Å²) in [5.74, 6) is 0. The van der Waals surface area contributed by atoms with Gasteiger partial charge in [0.25, 0.3) is 0 Å². The van der Waals surface area contributed by atoms with Gasteiger partial charge in [0.2, 0.25) is 0 Å². The molecule has 90 valence electrons. The molecule has 0 saturated carbocycles. The van der Waals surface area contributed by atoms with Crippen molar-refractivity contribution in [3.05, 3.63) is 30.3 Å². The Morgan fingerprint density at radius 1 is 1.06 bits per heavy atom. The third-order valence-electron chi connectivity index (χ3n) is 2.06. The molecule has 0 amide bonds. The second kappa shape index (κ2) is 15.1. The largest absolute Gasteiger partial charge is 4.00 e. The van der Waals surface area contributed by atoms with Crippen LogP contribution in [0.5, 0.6) is 0 Å². The zero-order chi connectivity index (χ0) is 12.3. The van der Waals surface area contributed by atoms with E-state index in [1.165, 1.54) is 12.5 Å². The van der Waals surface area contributed by atoms with Crippen molar-refractivity contribution in [2.75, 3.05) is 28.4 Å². The topological polar surface area (TPSA) is 72.4 Å². The minimum atomic E-state index is 0. The van der Waals surface area contributed by atoms with Gasteiger partial charge < -0.3 is 20.2 Å². The molecule has 2 aliphatic rings. The maximum absolute atomic E-state index is 8.25. The molecule has 0 fully saturated rings. The van der Waals surface area contributed by atoms with Crippen LogP contribution in [0, 0.1) is 6.04 Å². The minimum Gasteiger partial charge on any atom is -0.857 e. The second-order valence-electron chi connectivity index (χ2n) is 2.60. The second-order valence-corrected chi connectivity index (χ2v) is 2.60. The fraction of sp³-hybridized carbons (Fsp3) is 0.545.